The van der Waals surface area contributed by atoms with Crippen LogP contribution >= 0.6 is 0 Å². The first-order valence-electron chi connectivity index (χ1n) is 5.82. The van der Waals surface area contributed by atoms with Crippen LogP contribution < -0.4 is 10.6 Å². The molecule has 15 heavy (non-hydrogen) atoms. The fraction of sp³-hybridized carbons (Fsp3) is 0.909. The average molecular weight is 214 g/mol. The minimum Gasteiger partial charge on any atom is -0.385 e. The average Bonchev–Trinajstić information content (AvgIpc) is 3.02. The summed E-state index contributed by atoms with van der Waals surface area (Å²) in [4.78, 5) is 11.2. The molecular formula is C11H22N2O2. The van der Waals surface area contributed by atoms with Gasteiger partial charge in [-0.1, -0.05) is 0 Å². The molecule has 4 nitrogen and oxygen atoms in total. The third-order valence-corrected chi connectivity index (χ3v) is 2.44. The first kappa shape index (κ1) is 12.5. The van der Waals surface area contributed by atoms with Crippen molar-refractivity contribution in [3.63, 3.8) is 0 Å². The van der Waals surface area contributed by atoms with Crippen molar-refractivity contribution in [1.29, 1.82) is 0 Å². The van der Waals surface area contributed by atoms with Crippen LogP contribution in [0, 0.1) is 0 Å². The molecule has 1 fully saturated rings. The molecule has 0 heterocycles. The molecule has 0 aromatic carbocycles. The Morgan fingerprint density at radius 2 is 2.13 bits per heavy atom. The van der Waals surface area contributed by atoms with Crippen LogP contribution in [0.3, 0.4) is 0 Å². The van der Waals surface area contributed by atoms with Crippen LogP contribution in [0.25, 0.3) is 0 Å². The molecule has 1 amide bonds. The lowest BCUT2D eigenvalue weighted by Crippen LogP contribution is -2.27. The molecule has 0 radical (unpaired) electrons. The highest BCUT2D eigenvalue weighted by Gasteiger charge is 2.19. The van der Waals surface area contributed by atoms with Crippen LogP contribution in [0.4, 0.5) is 0 Å². The van der Waals surface area contributed by atoms with E-state index in [2.05, 4.69) is 10.6 Å². The van der Waals surface area contributed by atoms with Gasteiger partial charge in [-0.2, -0.15) is 0 Å². The van der Waals surface area contributed by atoms with E-state index in [-0.39, 0.29) is 5.91 Å². The number of methoxy groups -OCH3 is 1. The number of amides is 1. The largest absolute Gasteiger partial charge is 0.385 e. The normalized spacial score (nSPS) is 15.3. The molecule has 0 bridgehead atoms. The monoisotopic (exact) mass is 214 g/mol. The van der Waals surface area contributed by atoms with E-state index in [4.69, 9.17) is 4.74 Å². The summed E-state index contributed by atoms with van der Waals surface area (Å²) >= 11 is 0. The highest BCUT2D eigenvalue weighted by atomic mass is 16.5. The first-order valence-corrected chi connectivity index (χ1v) is 5.82. The highest BCUT2D eigenvalue weighted by Crippen LogP contribution is 2.18. The Balaban J connectivity index is 1.78. The molecule has 0 aromatic rings. The molecule has 88 valence electrons. The quantitative estimate of drug-likeness (QED) is 0.555. The summed E-state index contributed by atoms with van der Waals surface area (Å²) in [7, 11) is 1.65. The fourth-order valence-electron chi connectivity index (χ4n) is 1.38. The number of carbonyl (C=O) groups is 1. The fourth-order valence-corrected chi connectivity index (χ4v) is 1.38. The Kier molecular flexibility index (Phi) is 6.36. The van der Waals surface area contributed by atoms with Crippen molar-refractivity contribution in [2.45, 2.75) is 38.1 Å². The number of carbonyl (C=O) groups excluding carboxylic acids is 1. The van der Waals surface area contributed by atoms with Gasteiger partial charge in [-0.25, -0.2) is 0 Å². The van der Waals surface area contributed by atoms with Crippen molar-refractivity contribution in [2.24, 2.45) is 0 Å². The molecule has 0 spiro atoms. The van der Waals surface area contributed by atoms with Gasteiger partial charge in [0.05, 0.1) is 0 Å². The Bertz CT molecular complexity index is 181. The smallest absolute Gasteiger partial charge is 0.220 e. The lowest BCUT2D eigenvalue weighted by Gasteiger charge is -2.05. The number of rotatable bonds is 9. The molecule has 1 aliphatic rings. The van der Waals surface area contributed by atoms with Gasteiger partial charge in [0.1, 0.15) is 0 Å². The van der Waals surface area contributed by atoms with Crippen LogP contribution in [-0.4, -0.2) is 38.8 Å². The number of nitrogens with one attached hydrogen (secondary N) is 2. The van der Waals surface area contributed by atoms with Gasteiger partial charge in [0.2, 0.25) is 5.91 Å². The van der Waals surface area contributed by atoms with E-state index in [9.17, 15) is 4.79 Å². The van der Waals surface area contributed by atoms with Gasteiger partial charge in [0.25, 0.3) is 0 Å². The Hall–Kier alpha value is -0.610. The maximum atomic E-state index is 11.2. The van der Waals surface area contributed by atoms with Gasteiger partial charge < -0.3 is 15.4 Å². The Labute approximate surface area is 91.8 Å². The summed E-state index contributed by atoms with van der Waals surface area (Å²) in [6.45, 7) is 2.46. The van der Waals surface area contributed by atoms with Crippen molar-refractivity contribution >= 4 is 5.91 Å². The standard InChI is InChI=1S/C11H22N2O2/c1-15-9-2-4-11(14)13-8-3-7-12-10-5-6-10/h10,12H,2-9H2,1H3,(H,13,14). The third kappa shape index (κ3) is 7.33. The molecule has 0 aliphatic heterocycles. The second-order valence-corrected chi connectivity index (χ2v) is 4.03. The third-order valence-electron chi connectivity index (χ3n) is 2.44. The molecule has 1 saturated carbocycles. The number of hydrogen-bond donors (Lipinski definition) is 2. The van der Waals surface area contributed by atoms with Crippen molar-refractivity contribution in [1.82, 2.24) is 10.6 Å². The summed E-state index contributed by atoms with van der Waals surface area (Å²) < 4.78 is 4.88. The van der Waals surface area contributed by atoms with Crippen LogP contribution in [0.5, 0.6) is 0 Å². The molecule has 0 unspecified atom stereocenters. The van der Waals surface area contributed by atoms with E-state index in [1.165, 1.54) is 12.8 Å². The zero-order valence-corrected chi connectivity index (χ0v) is 9.55. The Morgan fingerprint density at radius 3 is 2.80 bits per heavy atom. The van der Waals surface area contributed by atoms with Gasteiger partial charge in [0.15, 0.2) is 0 Å². The summed E-state index contributed by atoms with van der Waals surface area (Å²) in [5, 5.41) is 6.31. The maximum Gasteiger partial charge on any atom is 0.220 e. The van der Waals surface area contributed by atoms with Gasteiger partial charge in [-0.3, -0.25) is 4.79 Å². The van der Waals surface area contributed by atoms with Gasteiger partial charge in [0, 0.05) is 32.7 Å². The van der Waals surface area contributed by atoms with Gasteiger partial charge in [-0.15, -0.1) is 0 Å². The summed E-state index contributed by atoms with van der Waals surface area (Å²) in [6.07, 6.45) is 5.05. The van der Waals surface area contributed by atoms with E-state index in [1.54, 1.807) is 7.11 Å². The predicted octanol–water partition coefficient (Wildman–Crippen LogP) is 0.671. The molecule has 4 heteroatoms. The number of hydrogen-bond acceptors (Lipinski definition) is 3. The summed E-state index contributed by atoms with van der Waals surface area (Å²) in [5.74, 6) is 0.137. The maximum absolute atomic E-state index is 11.2. The molecule has 1 aliphatic carbocycles. The minimum absolute atomic E-state index is 0.137. The van der Waals surface area contributed by atoms with Crippen molar-refractivity contribution in [2.75, 3.05) is 26.8 Å². The van der Waals surface area contributed by atoms with Gasteiger partial charge >= 0.3 is 0 Å². The Morgan fingerprint density at radius 1 is 1.33 bits per heavy atom. The zero-order chi connectivity index (χ0) is 10.9. The summed E-state index contributed by atoms with van der Waals surface area (Å²) in [6, 6.07) is 0.766. The van der Waals surface area contributed by atoms with Crippen LogP contribution in [0.2, 0.25) is 0 Å². The zero-order valence-electron chi connectivity index (χ0n) is 9.55. The minimum atomic E-state index is 0.137. The second kappa shape index (κ2) is 7.65. The van der Waals surface area contributed by atoms with Gasteiger partial charge in [-0.05, 0) is 32.2 Å². The molecule has 0 atom stereocenters. The topological polar surface area (TPSA) is 50.4 Å². The van der Waals surface area contributed by atoms with E-state index in [1.807, 2.05) is 0 Å². The highest BCUT2D eigenvalue weighted by molar-refractivity contribution is 5.75. The van der Waals surface area contributed by atoms with Crippen LogP contribution in [0.15, 0.2) is 0 Å². The second-order valence-electron chi connectivity index (χ2n) is 4.03. The number of ether oxygens (including phenoxy) is 1. The molecule has 0 saturated heterocycles. The molecule has 0 aromatic heterocycles. The molecular weight excluding hydrogens is 192 g/mol. The van der Waals surface area contributed by atoms with E-state index in [0.717, 1.165) is 32.0 Å². The van der Waals surface area contributed by atoms with Crippen molar-refractivity contribution in [3.8, 4) is 0 Å². The SMILES string of the molecule is COCCCC(=O)NCCCNC1CC1. The lowest BCUT2D eigenvalue weighted by atomic mass is 10.3. The predicted molar refractivity (Wildman–Crippen MR) is 59.8 cm³/mol. The van der Waals surface area contributed by atoms with Crippen LogP contribution in [-0.2, 0) is 9.53 Å². The van der Waals surface area contributed by atoms with E-state index < -0.39 is 0 Å². The first-order chi connectivity index (χ1) is 7.33. The molecule has 2 N–H and O–H groups in total. The molecule has 1 rings (SSSR count). The van der Waals surface area contributed by atoms with E-state index in [0.29, 0.717) is 13.0 Å². The van der Waals surface area contributed by atoms with Crippen molar-refractivity contribution < 1.29 is 9.53 Å². The lowest BCUT2D eigenvalue weighted by molar-refractivity contribution is -0.121. The summed E-state index contributed by atoms with van der Waals surface area (Å²) in [5.41, 5.74) is 0. The van der Waals surface area contributed by atoms with Crippen molar-refractivity contribution in [3.05, 3.63) is 0 Å². The van der Waals surface area contributed by atoms with Crippen LogP contribution in [0.1, 0.15) is 32.1 Å². The van der Waals surface area contributed by atoms with E-state index >= 15 is 0 Å².